The second kappa shape index (κ2) is 6.41. The van der Waals surface area contributed by atoms with Gasteiger partial charge in [-0.25, -0.2) is 0 Å². The minimum absolute atomic E-state index is 0.172. The molecule has 116 valence electrons. The van der Waals surface area contributed by atoms with E-state index in [1.54, 1.807) is 7.11 Å². The number of hydrogen-bond acceptors (Lipinski definition) is 3. The Morgan fingerprint density at radius 1 is 1.18 bits per heavy atom. The summed E-state index contributed by atoms with van der Waals surface area (Å²) in [6.07, 6.45) is 7.03. The Morgan fingerprint density at radius 2 is 1.91 bits per heavy atom. The van der Waals surface area contributed by atoms with Crippen molar-refractivity contribution in [2.24, 2.45) is 7.05 Å². The summed E-state index contributed by atoms with van der Waals surface area (Å²) in [4.78, 5) is 2.33. The van der Waals surface area contributed by atoms with Crippen LogP contribution in [0.3, 0.4) is 0 Å². The van der Waals surface area contributed by atoms with Crippen molar-refractivity contribution in [3.8, 4) is 11.8 Å². The second-order valence-corrected chi connectivity index (χ2v) is 6.06. The third kappa shape index (κ3) is 2.69. The highest BCUT2D eigenvalue weighted by Crippen LogP contribution is 2.33. The third-order valence-electron chi connectivity index (χ3n) is 4.65. The topological polar surface area (TPSA) is 41.2 Å². The van der Waals surface area contributed by atoms with E-state index >= 15 is 0 Å². The normalized spacial score (nSPS) is 17.9. The van der Waals surface area contributed by atoms with Crippen LogP contribution in [0.5, 0.6) is 5.75 Å². The highest BCUT2D eigenvalue weighted by atomic mass is 16.5. The maximum absolute atomic E-state index is 9.79. The molecule has 1 aromatic heterocycles. The number of ether oxygens (including phenoxy) is 1. The Hall–Kier alpha value is -1.99. The van der Waals surface area contributed by atoms with E-state index < -0.39 is 0 Å². The summed E-state index contributed by atoms with van der Waals surface area (Å²) in [5.41, 5.74) is 2.24. The number of methoxy groups -OCH3 is 1. The van der Waals surface area contributed by atoms with Crippen molar-refractivity contribution >= 4 is 10.9 Å². The molecule has 1 aliphatic rings. The van der Waals surface area contributed by atoms with Crippen molar-refractivity contribution < 1.29 is 4.74 Å². The molecule has 0 radical (unpaired) electrons. The molecule has 0 amide bonds. The fraction of sp³-hybridized carbons (Fsp3) is 0.500. The minimum Gasteiger partial charge on any atom is -0.497 e. The first-order valence-electron chi connectivity index (χ1n) is 8.01. The van der Waals surface area contributed by atoms with Crippen molar-refractivity contribution in [2.75, 3.05) is 20.2 Å². The molecule has 0 spiro atoms. The van der Waals surface area contributed by atoms with Crippen LogP contribution in [-0.4, -0.2) is 29.7 Å². The zero-order valence-corrected chi connectivity index (χ0v) is 13.4. The lowest BCUT2D eigenvalue weighted by molar-refractivity contribution is 0.246. The van der Waals surface area contributed by atoms with E-state index in [4.69, 9.17) is 4.74 Å². The number of nitriles is 1. The van der Waals surface area contributed by atoms with Crippen LogP contribution in [0.15, 0.2) is 24.4 Å². The van der Waals surface area contributed by atoms with E-state index in [1.807, 2.05) is 19.2 Å². The Morgan fingerprint density at radius 3 is 2.55 bits per heavy atom. The second-order valence-electron chi connectivity index (χ2n) is 6.06. The zero-order chi connectivity index (χ0) is 15.5. The number of nitrogens with zero attached hydrogens (tertiary/aromatic N) is 3. The van der Waals surface area contributed by atoms with Gasteiger partial charge in [0.1, 0.15) is 11.8 Å². The lowest BCUT2D eigenvalue weighted by Gasteiger charge is -2.25. The van der Waals surface area contributed by atoms with Gasteiger partial charge in [-0.15, -0.1) is 0 Å². The molecule has 1 aromatic carbocycles. The average Bonchev–Trinajstić information content (AvgIpc) is 2.72. The van der Waals surface area contributed by atoms with Crippen LogP contribution < -0.4 is 4.74 Å². The SMILES string of the molecule is COc1ccc2c(c1)c(C(C#N)N1CCCCCC1)cn2C. The predicted molar refractivity (Wildman–Crippen MR) is 87.9 cm³/mol. The number of benzene rings is 1. The van der Waals surface area contributed by atoms with Crippen molar-refractivity contribution in [1.82, 2.24) is 9.47 Å². The van der Waals surface area contributed by atoms with Gasteiger partial charge >= 0.3 is 0 Å². The van der Waals surface area contributed by atoms with Gasteiger partial charge in [0.2, 0.25) is 0 Å². The van der Waals surface area contributed by atoms with Crippen LogP contribution in [0, 0.1) is 11.3 Å². The van der Waals surface area contributed by atoms with Crippen LogP contribution in [0.4, 0.5) is 0 Å². The quantitative estimate of drug-likeness (QED) is 0.868. The van der Waals surface area contributed by atoms with Crippen molar-refractivity contribution in [1.29, 1.82) is 5.26 Å². The van der Waals surface area contributed by atoms with Gasteiger partial charge in [0.25, 0.3) is 0 Å². The van der Waals surface area contributed by atoms with Crippen molar-refractivity contribution in [3.05, 3.63) is 30.0 Å². The van der Waals surface area contributed by atoms with Gasteiger partial charge in [-0.05, 0) is 44.1 Å². The smallest absolute Gasteiger partial charge is 0.125 e. The average molecular weight is 297 g/mol. The summed E-state index contributed by atoms with van der Waals surface area (Å²) in [6, 6.07) is 8.44. The van der Waals surface area contributed by atoms with Gasteiger partial charge in [-0.3, -0.25) is 4.90 Å². The van der Waals surface area contributed by atoms with Gasteiger partial charge in [0.15, 0.2) is 0 Å². The molecule has 0 bridgehead atoms. The van der Waals surface area contributed by atoms with Crippen LogP contribution >= 0.6 is 0 Å². The number of aryl methyl sites for hydroxylation is 1. The van der Waals surface area contributed by atoms with E-state index in [0.29, 0.717) is 0 Å². The Bertz CT molecular complexity index is 690. The van der Waals surface area contributed by atoms with Crippen LogP contribution in [0.1, 0.15) is 37.3 Å². The molecule has 0 aliphatic carbocycles. The minimum atomic E-state index is -0.172. The highest BCUT2D eigenvalue weighted by Gasteiger charge is 2.24. The van der Waals surface area contributed by atoms with Gasteiger partial charge in [0.05, 0.1) is 13.2 Å². The largest absolute Gasteiger partial charge is 0.497 e. The zero-order valence-electron chi connectivity index (χ0n) is 13.4. The Balaban J connectivity index is 2.04. The van der Waals surface area contributed by atoms with E-state index in [-0.39, 0.29) is 6.04 Å². The maximum atomic E-state index is 9.79. The first kappa shape index (κ1) is 14.9. The first-order chi connectivity index (χ1) is 10.7. The molecule has 0 N–H and O–H groups in total. The van der Waals surface area contributed by atoms with Crippen LogP contribution in [-0.2, 0) is 7.05 Å². The van der Waals surface area contributed by atoms with E-state index in [9.17, 15) is 5.26 Å². The first-order valence-corrected chi connectivity index (χ1v) is 8.01. The third-order valence-corrected chi connectivity index (χ3v) is 4.65. The summed E-state index contributed by atoms with van der Waals surface area (Å²) in [5.74, 6) is 0.840. The molecule has 2 aromatic rings. The van der Waals surface area contributed by atoms with Gasteiger partial charge < -0.3 is 9.30 Å². The molecular formula is C18H23N3O. The Kier molecular flexibility index (Phi) is 4.35. The molecule has 2 heterocycles. The van der Waals surface area contributed by atoms with Gasteiger partial charge in [0, 0.05) is 29.7 Å². The lowest BCUT2D eigenvalue weighted by Crippen LogP contribution is -2.28. The predicted octanol–water partition coefficient (Wildman–Crippen LogP) is 3.63. The molecule has 22 heavy (non-hydrogen) atoms. The Labute approximate surface area is 131 Å². The molecular weight excluding hydrogens is 274 g/mol. The molecule has 1 aliphatic heterocycles. The number of likely N-dealkylation sites (tertiary alicyclic amines) is 1. The summed E-state index contributed by atoms with van der Waals surface area (Å²) in [7, 11) is 3.72. The molecule has 1 saturated heterocycles. The lowest BCUT2D eigenvalue weighted by atomic mass is 10.0. The maximum Gasteiger partial charge on any atom is 0.125 e. The van der Waals surface area contributed by atoms with E-state index in [0.717, 1.165) is 35.3 Å². The molecule has 0 saturated carbocycles. The number of rotatable bonds is 3. The molecule has 4 nitrogen and oxygen atoms in total. The molecule has 3 rings (SSSR count). The van der Waals surface area contributed by atoms with E-state index in [2.05, 4.69) is 27.8 Å². The fourth-order valence-corrected chi connectivity index (χ4v) is 3.45. The van der Waals surface area contributed by atoms with Crippen molar-refractivity contribution in [2.45, 2.75) is 31.7 Å². The monoisotopic (exact) mass is 297 g/mol. The fourth-order valence-electron chi connectivity index (χ4n) is 3.45. The van der Waals surface area contributed by atoms with Gasteiger partial charge in [-0.1, -0.05) is 12.8 Å². The standard InChI is InChI=1S/C18H23N3O/c1-20-13-16(15-11-14(22-2)7-8-17(15)20)18(12-19)21-9-5-3-4-6-10-21/h7-8,11,13,18H,3-6,9-10H2,1-2H3. The molecule has 1 atom stereocenters. The van der Waals surface area contributed by atoms with E-state index in [1.165, 1.54) is 25.7 Å². The highest BCUT2D eigenvalue weighted by molar-refractivity contribution is 5.86. The van der Waals surface area contributed by atoms with Crippen molar-refractivity contribution in [3.63, 3.8) is 0 Å². The summed E-state index contributed by atoms with van der Waals surface area (Å²) >= 11 is 0. The molecule has 1 unspecified atom stereocenters. The molecule has 4 heteroatoms. The summed E-state index contributed by atoms with van der Waals surface area (Å²) in [5, 5.41) is 10.9. The summed E-state index contributed by atoms with van der Waals surface area (Å²) in [6.45, 7) is 2.02. The number of hydrogen-bond donors (Lipinski definition) is 0. The number of fused-ring (bicyclic) bond motifs is 1. The number of aromatic nitrogens is 1. The summed E-state index contributed by atoms with van der Waals surface area (Å²) < 4.78 is 7.46. The van der Waals surface area contributed by atoms with Crippen LogP contribution in [0.25, 0.3) is 10.9 Å². The van der Waals surface area contributed by atoms with Crippen LogP contribution in [0.2, 0.25) is 0 Å². The van der Waals surface area contributed by atoms with Gasteiger partial charge in [-0.2, -0.15) is 5.26 Å². The molecule has 1 fully saturated rings.